The summed E-state index contributed by atoms with van der Waals surface area (Å²) in [6, 6.07) is 79.3. The molecule has 0 saturated heterocycles. The van der Waals surface area contributed by atoms with Crippen molar-refractivity contribution in [1.29, 1.82) is 0 Å². The molecule has 0 bridgehead atoms. The van der Waals surface area contributed by atoms with Crippen LogP contribution in [-0.4, -0.2) is 0 Å². The summed E-state index contributed by atoms with van der Waals surface area (Å²) in [6.07, 6.45) is 0. The molecule has 1 spiro atoms. The molecule has 1 heteroatoms. The molecule has 0 N–H and O–H groups in total. The second kappa shape index (κ2) is 12.6. The molecule has 0 atom stereocenters. The maximum atomic E-state index is 2.56. The summed E-state index contributed by atoms with van der Waals surface area (Å²) in [5.74, 6) is 0. The molecule has 278 valence electrons. The first-order valence-electron chi connectivity index (χ1n) is 20.8. The molecule has 0 amide bonds. The summed E-state index contributed by atoms with van der Waals surface area (Å²) >= 11 is 0. The Kier molecular flexibility index (Phi) is 7.26. The number of fused-ring (bicyclic) bond motifs is 13. The van der Waals surface area contributed by atoms with Gasteiger partial charge >= 0.3 is 0 Å². The van der Waals surface area contributed by atoms with Crippen LogP contribution in [0.5, 0.6) is 0 Å². The molecule has 1 nitrogen and oxygen atoms in total. The lowest BCUT2D eigenvalue weighted by atomic mass is 9.70. The highest BCUT2D eigenvalue weighted by Crippen LogP contribution is 2.63. The minimum Gasteiger partial charge on any atom is -0.309 e. The summed E-state index contributed by atoms with van der Waals surface area (Å²) in [6.45, 7) is 4.76. The van der Waals surface area contributed by atoms with E-state index in [1.807, 2.05) is 0 Å². The van der Waals surface area contributed by atoms with Gasteiger partial charge in [-0.3, -0.25) is 0 Å². The molecule has 59 heavy (non-hydrogen) atoms. The fraction of sp³-hybridized carbons (Fsp3) is 0.0690. The van der Waals surface area contributed by atoms with E-state index in [1.54, 1.807) is 0 Å². The van der Waals surface area contributed by atoms with Crippen LogP contribution in [0.3, 0.4) is 0 Å². The SMILES string of the molecule is CC1(C)c2ccccc2-c2ccc(N(c3ccc4c(c3)C3(c5ccccc5-c5ccccc53)c3ccccc3-4)c3c(-c4ccccc4)cccc3-c3ccccc3)cc21. The third kappa shape index (κ3) is 4.67. The van der Waals surface area contributed by atoms with Crippen molar-refractivity contribution in [3.8, 4) is 55.6 Å². The Bertz CT molecular complexity index is 3010. The molecule has 9 aromatic rings. The highest BCUT2D eigenvalue weighted by Gasteiger charge is 2.51. The smallest absolute Gasteiger partial charge is 0.0726 e. The highest BCUT2D eigenvalue weighted by molar-refractivity contribution is 6.01. The van der Waals surface area contributed by atoms with Crippen LogP contribution < -0.4 is 4.90 Å². The van der Waals surface area contributed by atoms with Crippen LogP contribution in [0.1, 0.15) is 47.2 Å². The van der Waals surface area contributed by atoms with E-state index >= 15 is 0 Å². The van der Waals surface area contributed by atoms with E-state index in [4.69, 9.17) is 0 Å². The Hall–Kier alpha value is -7.22. The molecule has 9 aromatic carbocycles. The summed E-state index contributed by atoms with van der Waals surface area (Å²) in [5.41, 5.74) is 23.5. The molecule has 0 saturated carbocycles. The monoisotopic (exact) mass is 751 g/mol. The largest absolute Gasteiger partial charge is 0.309 e. The first kappa shape index (κ1) is 33.9. The zero-order chi connectivity index (χ0) is 39.3. The lowest BCUT2D eigenvalue weighted by molar-refractivity contribution is 0.660. The second-order valence-electron chi connectivity index (χ2n) is 16.8. The van der Waals surface area contributed by atoms with E-state index in [0.717, 1.165) is 17.1 Å². The number of anilines is 3. The van der Waals surface area contributed by atoms with Gasteiger partial charge in [-0.25, -0.2) is 0 Å². The molecule has 0 heterocycles. The minimum absolute atomic E-state index is 0.157. The van der Waals surface area contributed by atoms with Gasteiger partial charge in [0.2, 0.25) is 0 Å². The van der Waals surface area contributed by atoms with Gasteiger partial charge in [0.25, 0.3) is 0 Å². The average molecular weight is 752 g/mol. The van der Waals surface area contributed by atoms with Crippen LogP contribution >= 0.6 is 0 Å². The lowest BCUT2D eigenvalue weighted by Gasteiger charge is -2.34. The molecule has 12 rings (SSSR count). The molecule has 0 aliphatic heterocycles. The topological polar surface area (TPSA) is 3.24 Å². The summed E-state index contributed by atoms with van der Waals surface area (Å²) < 4.78 is 0. The number of hydrogen-bond donors (Lipinski definition) is 0. The number of rotatable bonds is 5. The van der Waals surface area contributed by atoms with Crippen molar-refractivity contribution in [2.75, 3.05) is 4.90 Å². The van der Waals surface area contributed by atoms with Crippen LogP contribution in [0.4, 0.5) is 17.1 Å². The van der Waals surface area contributed by atoms with Crippen molar-refractivity contribution in [3.63, 3.8) is 0 Å². The first-order chi connectivity index (χ1) is 29.0. The van der Waals surface area contributed by atoms with Crippen LogP contribution in [0.25, 0.3) is 55.6 Å². The molecular weight excluding hydrogens is 711 g/mol. The van der Waals surface area contributed by atoms with Crippen molar-refractivity contribution >= 4 is 17.1 Å². The lowest BCUT2D eigenvalue weighted by Crippen LogP contribution is -2.26. The Labute approximate surface area is 346 Å². The van der Waals surface area contributed by atoms with E-state index in [-0.39, 0.29) is 5.41 Å². The Morgan fingerprint density at radius 1 is 0.288 bits per heavy atom. The molecule has 0 unspecified atom stereocenters. The van der Waals surface area contributed by atoms with Crippen LogP contribution in [0.15, 0.2) is 212 Å². The number of para-hydroxylation sites is 1. The van der Waals surface area contributed by atoms with Gasteiger partial charge in [0.05, 0.1) is 11.1 Å². The predicted octanol–water partition coefficient (Wildman–Crippen LogP) is 15.1. The standard InChI is InChI=1S/C58H41N/c1-57(2)50-28-13-9-22-44(50)48-34-32-40(36-54(48)57)59(56-42(38-18-5-3-6-19-38)26-17-27-43(56)39-20-7-4-8-21-39)41-33-35-49-47-25-12-16-31-53(47)58(55(49)37-41)51-29-14-10-23-45(51)46-24-11-15-30-52(46)58/h3-37H,1-2H3. The van der Waals surface area contributed by atoms with E-state index in [1.165, 1.54) is 89.0 Å². The molecule has 0 aromatic heterocycles. The maximum Gasteiger partial charge on any atom is 0.0726 e. The van der Waals surface area contributed by atoms with Gasteiger partial charge in [-0.15, -0.1) is 0 Å². The first-order valence-corrected chi connectivity index (χ1v) is 20.8. The van der Waals surface area contributed by atoms with Gasteiger partial charge in [0.1, 0.15) is 0 Å². The maximum absolute atomic E-state index is 2.56. The Morgan fingerprint density at radius 3 is 1.14 bits per heavy atom. The average Bonchev–Trinajstić information content (AvgIpc) is 3.85. The predicted molar refractivity (Wildman–Crippen MR) is 246 cm³/mol. The normalized spacial score (nSPS) is 14.2. The summed E-state index contributed by atoms with van der Waals surface area (Å²) in [7, 11) is 0. The van der Waals surface area contributed by atoms with Gasteiger partial charge in [-0.05, 0) is 102 Å². The van der Waals surface area contributed by atoms with Gasteiger partial charge in [-0.1, -0.05) is 202 Å². The van der Waals surface area contributed by atoms with E-state index in [0.29, 0.717) is 0 Å². The van der Waals surface area contributed by atoms with Crippen molar-refractivity contribution in [3.05, 3.63) is 246 Å². The summed E-state index contributed by atoms with van der Waals surface area (Å²) in [5, 5.41) is 0. The second-order valence-corrected chi connectivity index (χ2v) is 16.8. The van der Waals surface area contributed by atoms with Gasteiger partial charge < -0.3 is 4.90 Å². The number of nitrogens with zero attached hydrogens (tertiary/aromatic N) is 1. The molecule has 0 radical (unpaired) electrons. The van der Waals surface area contributed by atoms with Crippen molar-refractivity contribution in [1.82, 2.24) is 0 Å². The Morgan fingerprint density at radius 2 is 0.644 bits per heavy atom. The van der Waals surface area contributed by atoms with Gasteiger partial charge in [0, 0.05) is 27.9 Å². The molecular formula is C58H41N. The Balaban J connectivity index is 1.18. The zero-order valence-corrected chi connectivity index (χ0v) is 33.2. The summed E-state index contributed by atoms with van der Waals surface area (Å²) in [4.78, 5) is 2.56. The van der Waals surface area contributed by atoms with Crippen molar-refractivity contribution in [2.24, 2.45) is 0 Å². The highest BCUT2D eigenvalue weighted by atomic mass is 15.1. The van der Waals surface area contributed by atoms with Crippen LogP contribution in [0, 0.1) is 0 Å². The van der Waals surface area contributed by atoms with Crippen LogP contribution in [-0.2, 0) is 10.8 Å². The number of benzene rings is 9. The third-order valence-electron chi connectivity index (χ3n) is 13.5. The van der Waals surface area contributed by atoms with Crippen molar-refractivity contribution in [2.45, 2.75) is 24.7 Å². The quantitative estimate of drug-likeness (QED) is 0.169. The molecule has 0 fully saturated rings. The van der Waals surface area contributed by atoms with E-state index in [2.05, 4.69) is 231 Å². The van der Waals surface area contributed by atoms with Crippen LogP contribution in [0.2, 0.25) is 0 Å². The fourth-order valence-electron chi connectivity index (χ4n) is 10.9. The van der Waals surface area contributed by atoms with Crippen molar-refractivity contribution < 1.29 is 0 Å². The zero-order valence-electron chi connectivity index (χ0n) is 33.2. The van der Waals surface area contributed by atoms with Gasteiger partial charge in [0.15, 0.2) is 0 Å². The van der Waals surface area contributed by atoms with E-state index in [9.17, 15) is 0 Å². The number of hydrogen-bond acceptors (Lipinski definition) is 1. The fourth-order valence-corrected chi connectivity index (χ4v) is 10.9. The van der Waals surface area contributed by atoms with Gasteiger partial charge in [-0.2, -0.15) is 0 Å². The third-order valence-corrected chi connectivity index (χ3v) is 13.5. The minimum atomic E-state index is -0.455. The molecule has 3 aliphatic carbocycles. The van der Waals surface area contributed by atoms with E-state index < -0.39 is 5.41 Å². The molecule has 3 aliphatic rings.